The van der Waals surface area contributed by atoms with E-state index < -0.39 is 6.29 Å². The summed E-state index contributed by atoms with van der Waals surface area (Å²) in [4.78, 5) is 11.8. The number of furan rings is 1. The highest BCUT2D eigenvalue weighted by Crippen LogP contribution is 2.12. The van der Waals surface area contributed by atoms with Crippen molar-refractivity contribution in [2.75, 3.05) is 13.2 Å². The molecule has 16 heavy (non-hydrogen) atoms. The number of ketones is 1. The van der Waals surface area contributed by atoms with Gasteiger partial charge in [0.25, 0.3) is 0 Å². The first-order valence-corrected chi connectivity index (χ1v) is 5.50. The summed E-state index contributed by atoms with van der Waals surface area (Å²) in [7, 11) is 0. The Hall–Kier alpha value is -1.13. The van der Waals surface area contributed by atoms with Crippen LogP contribution < -0.4 is 0 Å². The van der Waals surface area contributed by atoms with Crippen LogP contribution >= 0.6 is 0 Å². The van der Waals surface area contributed by atoms with Gasteiger partial charge in [0.15, 0.2) is 12.1 Å². The molecule has 0 spiro atoms. The van der Waals surface area contributed by atoms with Crippen molar-refractivity contribution < 1.29 is 18.7 Å². The van der Waals surface area contributed by atoms with Crippen molar-refractivity contribution in [3.8, 4) is 0 Å². The van der Waals surface area contributed by atoms with E-state index in [0.29, 0.717) is 19.0 Å². The molecule has 0 saturated heterocycles. The first kappa shape index (κ1) is 12.9. The van der Waals surface area contributed by atoms with Gasteiger partial charge in [-0.3, -0.25) is 4.79 Å². The molecule has 1 aromatic heterocycles. The molecule has 0 unspecified atom stereocenters. The van der Waals surface area contributed by atoms with Crippen LogP contribution in [0.1, 0.15) is 36.6 Å². The Morgan fingerprint density at radius 1 is 1.31 bits per heavy atom. The van der Waals surface area contributed by atoms with Crippen molar-refractivity contribution in [1.29, 1.82) is 0 Å². The summed E-state index contributed by atoms with van der Waals surface area (Å²) in [5.74, 6) is 0.995. The van der Waals surface area contributed by atoms with Gasteiger partial charge in [-0.1, -0.05) is 0 Å². The van der Waals surface area contributed by atoms with E-state index in [1.54, 1.807) is 19.1 Å². The van der Waals surface area contributed by atoms with Crippen LogP contribution in [0.5, 0.6) is 0 Å². The van der Waals surface area contributed by atoms with E-state index in [4.69, 9.17) is 13.9 Å². The molecule has 0 aliphatic heterocycles. The molecule has 0 fully saturated rings. The molecule has 1 heterocycles. The molecule has 1 rings (SSSR count). The highest BCUT2D eigenvalue weighted by atomic mass is 16.7. The molecular weight excluding hydrogens is 208 g/mol. The van der Waals surface area contributed by atoms with Crippen LogP contribution in [-0.4, -0.2) is 25.3 Å². The molecule has 1 aromatic rings. The Balaban J connectivity index is 2.54. The quantitative estimate of drug-likeness (QED) is 0.529. The largest absolute Gasteiger partial charge is 0.458 e. The Kier molecular flexibility index (Phi) is 5.22. The van der Waals surface area contributed by atoms with Gasteiger partial charge in [-0.05, 0) is 32.9 Å². The molecule has 0 amide bonds. The Morgan fingerprint density at radius 3 is 2.38 bits per heavy atom. The Morgan fingerprint density at radius 2 is 1.94 bits per heavy atom. The maximum absolute atomic E-state index is 11.8. The standard InChI is InChI=1S/C12H18O4/c1-4-14-12(15-5-2)8-10(13)11-7-6-9(3)16-11/h6-7,12H,4-5,8H2,1-3H3. The van der Waals surface area contributed by atoms with Crippen molar-refractivity contribution >= 4 is 5.78 Å². The van der Waals surface area contributed by atoms with E-state index in [1.807, 2.05) is 13.8 Å². The summed E-state index contributed by atoms with van der Waals surface area (Å²) in [6.07, 6.45) is -0.290. The lowest BCUT2D eigenvalue weighted by atomic mass is 10.2. The van der Waals surface area contributed by atoms with Crippen LogP contribution in [0.2, 0.25) is 0 Å². The minimum atomic E-state index is -0.479. The van der Waals surface area contributed by atoms with Gasteiger partial charge in [-0.15, -0.1) is 0 Å². The third kappa shape index (κ3) is 3.79. The zero-order chi connectivity index (χ0) is 12.0. The molecule has 4 heteroatoms. The van der Waals surface area contributed by atoms with Gasteiger partial charge < -0.3 is 13.9 Å². The minimum absolute atomic E-state index is 0.0972. The zero-order valence-corrected chi connectivity index (χ0v) is 9.99. The van der Waals surface area contributed by atoms with E-state index in [-0.39, 0.29) is 12.2 Å². The van der Waals surface area contributed by atoms with E-state index in [1.165, 1.54) is 0 Å². The van der Waals surface area contributed by atoms with Crippen LogP contribution in [0.3, 0.4) is 0 Å². The molecule has 0 N–H and O–H groups in total. The highest BCUT2D eigenvalue weighted by molar-refractivity contribution is 5.93. The minimum Gasteiger partial charge on any atom is -0.458 e. The predicted molar refractivity (Wildman–Crippen MR) is 59.4 cm³/mol. The third-order valence-electron chi connectivity index (χ3n) is 2.07. The lowest BCUT2D eigenvalue weighted by molar-refractivity contribution is -0.133. The van der Waals surface area contributed by atoms with E-state index >= 15 is 0 Å². The molecule has 0 bridgehead atoms. The summed E-state index contributed by atoms with van der Waals surface area (Å²) in [5.41, 5.74) is 0. The van der Waals surface area contributed by atoms with Crippen LogP contribution in [0.4, 0.5) is 0 Å². The van der Waals surface area contributed by atoms with Crippen LogP contribution in [-0.2, 0) is 9.47 Å². The van der Waals surface area contributed by atoms with Crippen LogP contribution in [0.15, 0.2) is 16.5 Å². The molecule has 0 aliphatic carbocycles. The monoisotopic (exact) mass is 226 g/mol. The Labute approximate surface area is 95.5 Å². The fourth-order valence-electron chi connectivity index (χ4n) is 1.37. The molecule has 0 aromatic carbocycles. The van der Waals surface area contributed by atoms with Gasteiger partial charge in [0.05, 0.1) is 6.42 Å². The first-order valence-electron chi connectivity index (χ1n) is 5.50. The van der Waals surface area contributed by atoms with E-state index in [0.717, 1.165) is 5.76 Å². The van der Waals surface area contributed by atoms with Crippen molar-refractivity contribution in [2.45, 2.75) is 33.5 Å². The number of aryl methyl sites for hydroxylation is 1. The lowest BCUT2D eigenvalue weighted by Gasteiger charge is -2.15. The van der Waals surface area contributed by atoms with Crippen molar-refractivity contribution in [1.82, 2.24) is 0 Å². The second kappa shape index (κ2) is 6.45. The third-order valence-corrected chi connectivity index (χ3v) is 2.07. The number of carbonyl (C=O) groups excluding carboxylic acids is 1. The topological polar surface area (TPSA) is 48.7 Å². The second-order valence-corrected chi connectivity index (χ2v) is 3.38. The normalized spacial score (nSPS) is 11.0. The summed E-state index contributed by atoms with van der Waals surface area (Å²) in [5, 5.41) is 0. The molecule has 0 saturated carbocycles. The summed E-state index contributed by atoms with van der Waals surface area (Å²) in [6, 6.07) is 3.44. The Bertz CT molecular complexity index is 324. The molecular formula is C12H18O4. The molecule has 0 aliphatic rings. The van der Waals surface area contributed by atoms with Gasteiger partial charge in [0.1, 0.15) is 5.76 Å². The average Bonchev–Trinajstić information content (AvgIpc) is 2.65. The fraction of sp³-hybridized carbons (Fsp3) is 0.583. The van der Waals surface area contributed by atoms with Crippen molar-refractivity contribution in [3.63, 3.8) is 0 Å². The van der Waals surface area contributed by atoms with Gasteiger partial charge in [0.2, 0.25) is 5.78 Å². The smallest absolute Gasteiger partial charge is 0.203 e. The first-order chi connectivity index (χ1) is 7.67. The van der Waals surface area contributed by atoms with E-state index in [9.17, 15) is 4.79 Å². The van der Waals surface area contributed by atoms with Gasteiger partial charge in [0, 0.05) is 13.2 Å². The van der Waals surface area contributed by atoms with E-state index in [2.05, 4.69) is 0 Å². The van der Waals surface area contributed by atoms with Crippen molar-refractivity contribution in [2.24, 2.45) is 0 Å². The fourth-order valence-corrected chi connectivity index (χ4v) is 1.37. The lowest BCUT2D eigenvalue weighted by Crippen LogP contribution is -2.21. The number of Topliss-reactive ketones (excluding diaryl/α,β-unsaturated/α-hetero) is 1. The second-order valence-electron chi connectivity index (χ2n) is 3.38. The van der Waals surface area contributed by atoms with Crippen LogP contribution in [0.25, 0.3) is 0 Å². The van der Waals surface area contributed by atoms with Gasteiger partial charge in [-0.2, -0.15) is 0 Å². The summed E-state index contributed by atoms with van der Waals surface area (Å²) < 4.78 is 15.8. The molecule has 0 atom stereocenters. The maximum atomic E-state index is 11.8. The average molecular weight is 226 g/mol. The van der Waals surface area contributed by atoms with Gasteiger partial charge >= 0.3 is 0 Å². The van der Waals surface area contributed by atoms with Crippen LogP contribution in [0, 0.1) is 6.92 Å². The number of rotatable bonds is 7. The highest BCUT2D eigenvalue weighted by Gasteiger charge is 2.17. The molecule has 0 radical (unpaired) electrons. The van der Waals surface area contributed by atoms with Gasteiger partial charge in [-0.25, -0.2) is 0 Å². The molecule has 4 nitrogen and oxygen atoms in total. The SMILES string of the molecule is CCOC(CC(=O)c1ccc(C)o1)OCC. The predicted octanol–water partition coefficient (Wildman–Crippen LogP) is 2.56. The molecule has 90 valence electrons. The maximum Gasteiger partial charge on any atom is 0.203 e. The number of carbonyl (C=O) groups is 1. The number of hydrogen-bond donors (Lipinski definition) is 0. The zero-order valence-electron chi connectivity index (χ0n) is 9.99. The van der Waals surface area contributed by atoms with Crippen molar-refractivity contribution in [3.05, 3.63) is 23.7 Å². The number of hydrogen-bond acceptors (Lipinski definition) is 4. The summed E-state index contributed by atoms with van der Waals surface area (Å²) >= 11 is 0. The summed E-state index contributed by atoms with van der Waals surface area (Å²) in [6.45, 7) is 6.59. The number of ether oxygens (including phenoxy) is 2.